The molecule has 2 aliphatic rings. The second kappa shape index (κ2) is 8.50. The molecule has 2 fully saturated rings. The van der Waals surface area contributed by atoms with Crippen molar-refractivity contribution in [2.45, 2.75) is 57.4 Å². The predicted octanol–water partition coefficient (Wildman–Crippen LogP) is 3.29. The van der Waals surface area contributed by atoms with Crippen LogP contribution < -0.4 is 5.32 Å². The maximum absolute atomic E-state index is 12.4. The third-order valence-corrected chi connectivity index (χ3v) is 5.73. The van der Waals surface area contributed by atoms with E-state index in [2.05, 4.69) is 26.5 Å². The van der Waals surface area contributed by atoms with Crippen molar-refractivity contribution in [1.82, 2.24) is 25.3 Å². The highest BCUT2D eigenvalue weighted by atomic mass is 16.5. The molecule has 27 heavy (non-hydrogen) atoms. The lowest BCUT2D eigenvalue weighted by Gasteiger charge is -2.32. The van der Waals surface area contributed by atoms with Gasteiger partial charge in [0.2, 0.25) is 5.89 Å². The lowest BCUT2D eigenvalue weighted by molar-refractivity contribution is 0.169. The number of rotatable bonds is 5. The fraction of sp³-hybridized carbons (Fsp3) is 0.600. The minimum absolute atomic E-state index is 0.0398. The molecule has 4 rings (SSSR count). The molecule has 144 valence electrons. The van der Waals surface area contributed by atoms with Gasteiger partial charge in [0.1, 0.15) is 0 Å². The first kappa shape index (κ1) is 17.9. The highest BCUT2D eigenvalue weighted by Crippen LogP contribution is 2.32. The first-order valence-corrected chi connectivity index (χ1v) is 10.0. The molecule has 2 amide bonds. The molecule has 0 atom stereocenters. The second-order valence-corrected chi connectivity index (χ2v) is 7.68. The van der Waals surface area contributed by atoms with Crippen molar-refractivity contribution in [3.8, 4) is 0 Å². The third kappa shape index (κ3) is 4.64. The Balaban J connectivity index is 1.20. The molecule has 1 aliphatic heterocycles. The van der Waals surface area contributed by atoms with Crippen LogP contribution in [0, 0.1) is 5.92 Å². The summed E-state index contributed by atoms with van der Waals surface area (Å²) in [6.07, 6.45) is 11.5. The number of pyridine rings is 1. The number of carbonyl (C=O) groups excluding carboxylic acids is 1. The molecule has 2 aromatic rings. The largest absolute Gasteiger partial charge is 0.339 e. The van der Waals surface area contributed by atoms with E-state index in [9.17, 15) is 4.79 Å². The Bertz CT molecular complexity index is 734. The summed E-state index contributed by atoms with van der Waals surface area (Å²) in [7, 11) is 0. The van der Waals surface area contributed by atoms with Crippen LogP contribution in [-0.4, -0.2) is 39.1 Å². The topological polar surface area (TPSA) is 84.2 Å². The number of carbonyl (C=O) groups is 1. The number of nitrogens with one attached hydrogen (secondary N) is 1. The summed E-state index contributed by atoms with van der Waals surface area (Å²) in [5.41, 5.74) is 1.27. The first-order valence-electron chi connectivity index (χ1n) is 10.0. The number of nitrogens with zero attached hydrogens (tertiary/aromatic N) is 4. The Morgan fingerprint density at radius 1 is 1.22 bits per heavy atom. The van der Waals surface area contributed by atoms with E-state index in [1.54, 1.807) is 6.20 Å². The molecular weight excluding hydrogens is 342 g/mol. The van der Waals surface area contributed by atoms with Gasteiger partial charge in [-0.25, -0.2) is 4.79 Å². The van der Waals surface area contributed by atoms with E-state index >= 15 is 0 Å². The second-order valence-electron chi connectivity index (χ2n) is 7.68. The average Bonchev–Trinajstić information content (AvgIpc) is 3.39. The number of urea groups is 1. The summed E-state index contributed by atoms with van der Waals surface area (Å²) < 4.78 is 5.37. The average molecular weight is 369 g/mol. The predicted molar refractivity (Wildman–Crippen MR) is 100.0 cm³/mol. The summed E-state index contributed by atoms with van der Waals surface area (Å²) in [4.78, 5) is 22.9. The van der Waals surface area contributed by atoms with Crippen LogP contribution in [0.5, 0.6) is 0 Å². The Labute approximate surface area is 159 Å². The fourth-order valence-corrected chi connectivity index (χ4v) is 4.14. The molecule has 1 saturated carbocycles. The lowest BCUT2D eigenvalue weighted by Crippen LogP contribution is -2.44. The fourth-order valence-electron chi connectivity index (χ4n) is 4.14. The molecule has 0 bridgehead atoms. The number of aromatic nitrogens is 3. The SMILES string of the molecule is O=C(NCc1noc(C2CCCC2)n1)N1CCC(Cc2cccnc2)CC1. The maximum atomic E-state index is 12.4. The standard InChI is InChI=1S/C20H27N5O2/c26-20(22-14-18-23-19(27-24-18)17-5-1-2-6-17)25-10-7-15(8-11-25)12-16-4-3-9-21-13-16/h3-4,9,13,15,17H,1-2,5-8,10-12,14H2,(H,22,26). The van der Waals surface area contributed by atoms with Crippen molar-refractivity contribution >= 4 is 6.03 Å². The Morgan fingerprint density at radius 3 is 2.78 bits per heavy atom. The smallest absolute Gasteiger partial charge is 0.317 e. The normalized spacial score (nSPS) is 18.7. The van der Waals surface area contributed by atoms with Crippen LogP contribution in [0.4, 0.5) is 4.79 Å². The summed E-state index contributed by atoms with van der Waals surface area (Å²) in [5.74, 6) is 2.31. The molecule has 0 spiro atoms. The van der Waals surface area contributed by atoms with Gasteiger partial charge in [0.15, 0.2) is 5.82 Å². The zero-order chi connectivity index (χ0) is 18.5. The third-order valence-electron chi connectivity index (χ3n) is 5.73. The highest BCUT2D eigenvalue weighted by Gasteiger charge is 2.25. The Morgan fingerprint density at radius 2 is 2.04 bits per heavy atom. The summed E-state index contributed by atoms with van der Waals surface area (Å²) in [6, 6.07) is 4.06. The van der Waals surface area contributed by atoms with E-state index in [1.807, 2.05) is 17.2 Å². The van der Waals surface area contributed by atoms with E-state index in [1.165, 1.54) is 18.4 Å². The zero-order valence-corrected chi connectivity index (χ0v) is 15.6. The molecule has 1 aliphatic carbocycles. The molecule has 0 aromatic carbocycles. The molecule has 0 unspecified atom stereocenters. The zero-order valence-electron chi connectivity index (χ0n) is 15.6. The van der Waals surface area contributed by atoms with Gasteiger partial charge in [0.25, 0.3) is 0 Å². The number of hydrogen-bond donors (Lipinski definition) is 1. The molecule has 0 radical (unpaired) electrons. The van der Waals surface area contributed by atoms with Gasteiger partial charge in [-0.05, 0) is 49.7 Å². The van der Waals surface area contributed by atoms with E-state index in [4.69, 9.17) is 4.52 Å². The van der Waals surface area contributed by atoms with Crippen LogP contribution in [0.2, 0.25) is 0 Å². The molecule has 7 heteroatoms. The van der Waals surface area contributed by atoms with Gasteiger partial charge in [-0.3, -0.25) is 4.98 Å². The van der Waals surface area contributed by atoms with Crippen LogP contribution >= 0.6 is 0 Å². The molecule has 3 heterocycles. The van der Waals surface area contributed by atoms with Crippen molar-refractivity contribution in [1.29, 1.82) is 0 Å². The van der Waals surface area contributed by atoms with Gasteiger partial charge >= 0.3 is 6.03 Å². The van der Waals surface area contributed by atoms with Crippen molar-refractivity contribution in [3.05, 3.63) is 41.8 Å². The van der Waals surface area contributed by atoms with Gasteiger partial charge < -0.3 is 14.7 Å². The van der Waals surface area contributed by atoms with Gasteiger partial charge in [-0.1, -0.05) is 24.1 Å². The van der Waals surface area contributed by atoms with Gasteiger partial charge in [0.05, 0.1) is 6.54 Å². The Kier molecular flexibility index (Phi) is 5.65. The summed E-state index contributed by atoms with van der Waals surface area (Å²) >= 11 is 0. The van der Waals surface area contributed by atoms with E-state index in [0.717, 1.165) is 51.1 Å². The number of piperidine rings is 1. The Hall–Kier alpha value is -2.44. The molecular formula is C20H27N5O2. The molecule has 1 saturated heterocycles. The molecule has 7 nitrogen and oxygen atoms in total. The number of amides is 2. The molecule has 1 N–H and O–H groups in total. The van der Waals surface area contributed by atoms with Crippen LogP contribution in [0.1, 0.15) is 61.7 Å². The minimum atomic E-state index is -0.0398. The maximum Gasteiger partial charge on any atom is 0.317 e. The first-order chi connectivity index (χ1) is 13.3. The van der Waals surface area contributed by atoms with Crippen LogP contribution in [0.3, 0.4) is 0 Å². The lowest BCUT2D eigenvalue weighted by atomic mass is 9.91. The van der Waals surface area contributed by atoms with E-state index in [0.29, 0.717) is 24.2 Å². The van der Waals surface area contributed by atoms with Crippen molar-refractivity contribution < 1.29 is 9.32 Å². The van der Waals surface area contributed by atoms with Crippen molar-refractivity contribution in [3.63, 3.8) is 0 Å². The van der Waals surface area contributed by atoms with E-state index in [-0.39, 0.29) is 6.03 Å². The molecule has 2 aromatic heterocycles. The van der Waals surface area contributed by atoms with Crippen molar-refractivity contribution in [2.24, 2.45) is 5.92 Å². The summed E-state index contributed by atoms with van der Waals surface area (Å²) in [5, 5.41) is 6.94. The summed E-state index contributed by atoms with van der Waals surface area (Å²) in [6.45, 7) is 1.90. The van der Waals surface area contributed by atoms with Crippen LogP contribution in [-0.2, 0) is 13.0 Å². The highest BCUT2D eigenvalue weighted by molar-refractivity contribution is 5.74. The van der Waals surface area contributed by atoms with Crippen molar-refractivity contribution in [2.75, 3.05) is 13.1 Å². The van der Waals surface area contributed by atoms with Gasteiger partial charge in [0, 0.05) is 31.4 Å². The van der Waals surface area contributed by atoms with E-state index < -0.39 is 0 Å². The quantitative estimate of drug-likeness (QED) is 0.874. The van der Waals surface area contributed by atoms with Crippen LogP contribution in [0.15, 0.2) is 29.0 Å². The monoisotopic (exact) mass is 369 g/mol. The van der Waals surface area contributed by atoms with Gasteiger partial charge in [-0.15, -0.1) is 0 Å². The number of likely N-dealkylation sites (tertiary alicyclic amines) is 1. The number of hydrogen-bond acceptors (Lipinski definition) is 5. The van der Waals surface area contributed by atoms with Gasteiger partial charge in [-0.2, -0.15) is 4.98 Å². The van der Waals surface area contributed by atoms with Crippen LogP contribution in [0.25, 0.3) is 0 Å². The minimum Gasteiger partial charge on any atom is -0.339 e.